The fourth-order valence-electron chi connectivity index (χ4n) is 2.87. The van der Waals surface area contributed by atoms with Gasteiger partial charge in [-0.25, -0.2) is 9.97 Å². The predicted octanol–water partition coefficient (Wildman–Crippen LogP) is -0.335. The summed E-state index contributed by atoms with van der Waals surface area (Å²) >= 11 is 0. The molecule has 10 heteroatoms. The Hall–Kier alpha value is -2.47. The first kappa shape index (κ1) is 19.3. The maximum Gasteiger partial charge on any atom is 1.00 e. The number of pyridine rings is 3. The van der Waals surface area contributed by atoms with Crippen LogP contribution >= 0.6 is 0 Å². The van der Waals surface area contributed by atoms with Crippen molar-refractivity contribution in [3.63, 3.8) is 0 Å². The molecular weight excluding hydrogens is 361 g/mol. The second-order valence-corrected chi connectivity index (χ2v) is 6.64. The van der Waals surface area contributed by atoms with Crippen molar-refractivity contribution in [2.45, 2.75) is 17.9 Å². The van der Waals surface area contributed by atoms with Crippen LogP contribution in [0.4, 0.5) is 0 Å². The molecule has 0 aliphatic heterocycles. The van der Waals surface area contributed by atoms with Gasteiger partial charge in [0.05, 0.1) is 36.9 Å². The normalized spacial score (nSPS) is 12.3. The Labute approximate surface area is 168 Å². The SMILES string of the molecule is COc1ccc2c(ncc3ncn([C@H](C)c4ccc([S-](=O)=O)cn4)c32)n1.[Li+]. The molecule has 4 aromatic rings. The number of aromatic nitrogens is 5. The van der Waals surface area contributed by atoms with Crippen LogP contribution < -0.4 is 23.6 Å². The van der Waals surface area contributed by atoms with Gasteiger partial charge in [-0.15, -0.1) is 0 Å². The third-order valence-corrected chi connectivity index (χ3v) is 4.87. The van der Waals surface area contributed by atoms with Crippen LogP contribution in [-0.2, 0) is 19.1 Å². The first-order chi connectivity index (χ1) is 12.6. The molecule has 0 bridgehead atoms. The van der Waals surface area contributed by atoms with Crippen LogP contribution in [0.2, 0.25) is 0 Å². The number of nitrogens with zero attached hydrogens (tertiary/aromatic N) is 5. The maximum absolute atomic E-state index is 11.0. The Kier molecular flexibility index (Phi) is 5.46. The van der Waals surface area contributed by atoms with Gasteiger partial charge in [-0.2, -0.15) is 4.98 Å². The summed E-state index contributed by atoms with van der Waals surface area (Å²) < 4.78 is 29.1. The minimum atomic E-state index is -2.29. The van der Waals surface area contributed by atoms with E-state index in [4.69, 9.17) is 4.74 Å². The fourth-order valence-corrected chi connectivity index (χ4v) is 3.19. The Bertz CT molecular complexity index is 1180. The Morgan fingerprint density at radius 1 is 1.07 bits per heavy atom. The number of hydrogen-bond acceptors (Lipinski definition) is 8. The Morgan fingerprint density at radius 3 is 2.56 bits per heavy atom. The molecule has 0 aliphatic rings. The van der Waals surface area contributed by atoms with Crippen LogP contribution in [0.1, 0.15) is 18.7 Å². The van der Waals surface area contributed by atoms with Crippen LogP contribution in [-0.4, -0.2) is 31.6 Å². The van der Waals surface area contributed by atoms with E-state index in [9.17, 15) is 8.42 Å². The number of methoxy groups -OCH3 is 1. The number of imidazole rings is 1. The maximum atomic E-state index is 11.0. The van der Waals surface area contributed by atoms with Crippen LogP contribution in [0.25, 0.3) is 22.1 Å². The van der Waals surface area contributed by atoms with Crippen LogP contribution in [0.5, 0.6) is 5.88 Å². The van der Waals surface area contributed by atoms with Crippen molar-refractivity contribution in [2.24, 2.45) is 0 Å². The molecule has 27 heavy (non-hydrogen) atoms. The van der Waals surface area contributed by atoms with E-state index in [1.54, 1.807) is 31.8 Å². The minimum Gasteiger partial charge on any atom is -0.481 e. The minimum absolute atomic E-state index is 0. The number of ether oxygens (including phenoxy) is 1. The molecule has 0 radical (unpaired) electrons. The van der Waals surface area contributed by atoms with Gasteiger partial charge in [0.1, 0.15) is 5.52 Å². The summed E-state index contributed by atoms with van der Waals surface area (Å²) in [5, 5.41) is 0.852. The molecule has 0 N–H and O–H groups in total. The smallest absolute Gasteiger partial charge is 0.481 e. The van der Waals surface area contributed by atoms with Crippen molar-refractivity contribution in [1.82, 2.24) is 24.5 Å². The molecule has 8 nitrogen and oxygen atoms in total. The Balaban J connectivity index is 0.00000210. The molecule has 0 amide bonds. The van der Waals surface area contributed by atoms with Crippen molar-refractivity contribution in [3.05, 3.63) is 48.7 Å². The summed E-state index contributed by atoms with van der Waals surface area (Å²) in [6.45, 7) is 1.97. The molecular formula is C17H14LiN5O3S. The Morgan fingerprint density at radius 2 is 1.89 bits per heavy atom. The van der Waals surface area contributed by atoms with Crippen LogP contribution in [0.3, 0.4) is 0 Å². The standard InChI is InChI=1S/C17H14N5O3S.Li/c1-10(13-5-3-11(7-18-13)26(23)24)22-9-20-14-8-19-17-12(16(14)22)4-6-15(21-17)25-2;/h3-10H,1-2H3;/q-1;+1/t10-;/m1./s1. The summed E-state index contributed by atoms with van der Waals surface area (Å²) in [6, 6.07) is 6.77. The zero-order chi connectivity index (χ0) is 18.3. The molecule has 4 aromatic heterocycles. The van der Waals surface area contributed by atoms with Gasteiger partial charge in [0.2, 0.25) is 5.88 Å². The van der Waals surface area contributed by atoms with Crippen LogP contribution in [0.15, 0.2) is 47.9 Å². The number of fused-ring (bicyclic) bond motifs is 3. The molecule has 4 rings (SSSR count). The quantitative estimate of drug-likeness (QED) is 0.355. The molecule has 132 valence electrons. The van der Waals surface area contributed by atoms with Gasteiger partial charge in [0.25, 0.3) is 0 Å². The second-order valence-electron chi connectivity index (χ2n) is 5.70. The van der Waals surface area contributed by atoms with E-state index in [0.717, 1.165) is 22.1 Å². The van der Waals surface area contributed by atoms with Gasteiger partial charge in [-0.1, -0.05) is 11.0 Å². The van der Waals surface area contributed by atoms with E-state index in [1.807, 2.05) is 17.6 Å². The van der Waals surface area contributed by atoms with Crippen molar-refractivity contribution < 1.29 is 32.0 Å². The molecule has 0 spiro atoms. The topological polar surface area (TPSA) is 99.9 Å². The van der Waals surface area contributed by atoms with E-state index in [0.29, 0.717) is 11.5 Å². The molecule has 4 heterocycles. The van der Waals surface area contributed by atoms with Gasteiger partial charge in [-0.05, 0) is 29.8 Å². The third-order valence-electron chi connectivity index (χ3n) is 4.24. The molecule has 0 aromatic carbocycles. The molecule has 0 fully saturated rings. The largest absolute Gasteiger partial charge is 1.00 e. The summed E-state index contributed by atoms with van der Waals surface area (Å²) in [5.74, 6) is 0.492. The van der Waals surface area contributed by atoms with E-state index in [1.165, 1.54) is 12.3 Å². The van der Waals surface area contributed by atoms with Gasteiger partial charge in [0.15, 0.2) is 5.65 Å². The molecule has 0 saturated carbocycles. The van der Waals surface area contributed by atoms with Crippen molar-refractivity contribution in [2.75, 3.05) is 7.11 Å². The zero-order valence-corrected chi connectivity index (χ0v) is 15.8. The summed E-state index contributed by atoms with van der Waals surface area (Å²) in [7, 11) is -0.733. The predicted molar refractivity (Wildman–Crippen MR) is 94.4 cm³/mol. The van der Waals surface area contributed by atoms with Crippen LogP contribution in [0, 0.1) is 0 Å². The van der Waals surface area contributed by atoms with Gasteiger partial charge >= 0.3 is 18.9 Å². The van der Waals surface area contributed by atoms with Gasteiger partial charge < -0.3 is 17.7 Å². The summed E-state index contributed by atoms with van der Waals surface area (Å²) in [6.07, 6.45) is 4.74. The average Bonchev–Trinajstić information content (AvgIpc) is 3.11. The average molecular weight is 375 g/mol. The summed E-state index contributed by atoms with van der Waals surface area (Å²) in [4.78, 5) is 17.6. The molecule has 0 saturated heterocycles. The number of rotatable bonds is 4. The van der Waals surface area contributed by atoms with E-state index >= 15 is 0 Å². The first-order valence-electron chi connectivity index (χ1n) is 7.80. The second kappa shape index (κ2) is 7.64. The fraction of sp³-hybridized carbons (Fsp3) is 0.176. The van der Waals surface area contributed by atoms with Crippen molar-refractivity contribution >= 4 is 32.8 Å². The first-order valence-corrected chi connectivity index (χ1v) is 8.87. The van der Waals surface area contributed by atoms with E-state index < -0.39 is 10.7 Å². The molecule has 0 unspecified atom stereocenters. The van der Waals surface area contributed by atoms with Crippen molar-refractivity contribution in [1.29, 1.82) is 0 Å². The summed E-state index contributed by atoms with van der Waals surface area (Å²) in [5.41, 5.74) is 2.92. The van der Waals surface area contributed by atoms with E-state index in [-0.39, 0.29) is 29.8 Å². The monoisotopic (exact) mass is 375 g/mol. The van der Waals surface area contributed by atoms with Crippen molar-refractivity contribution in [3.8, 4) is 5.88 Å². The number of hydrogen-bond donors (Lipinski definition) is 0. The molecule has 0 aliphatic carbocycles. The van der Waals surface area contributed by atoms with Gasteiger partial charge in [0, 0.05) is 17.6 Å². The molecule has 1 atom stereocenters. The zero-order valence-electron chi connectivity index (χ0n) is 15.0. The van der Waals surface area contributed by atoms with Gasteiger partial charge in [-0.3, -0.25) is 4.98 Å². The van der Waals surface area contributed by atoms with E-state index in [2.05, 4.69) is 19.9 Å². The third kappa shape index (κ3) is 3.41.